The molecule has 0 saturated carbocycles. The van der Waals surface area contributed by atoms with Gasteiger partial charge in [0, 0.05) is 29.8 Å². The normalized spacial score (nSPS) is 17.6. The molecule has 1 aliphatic heterocycles. The third-order valence-corrected chi connectivity index (χ3v) is 3.67. The lowest BCUT2D eigenvalue weighted by Crippen LogP contribution is -2.45. The maximum atomic E-state index is 13.7. The molecule has 2 N–H and O–H groups in total. The molecule has 2 rings (SSSR count). The number of hydrogen-bond donors (Lipinski definition) is 2. The number of carbonyl (C=O) groups excluding carboxylic acids is 1. The molecule has 4 nitrogen and oxygen atoms in total. The van der Waals surface area contributed by atoms with Crippen molar-refractivity contribution in [2.24, 2.45) is 0 Å². The van der Waals surface area contributed by atoms with E-state index in [2.05, 4.69) is 10.6 Å². The molecular formula is C14H18ClFN2O2. The first-order valence-corrected chi connectivity index (χ1v) is 7.04. The highest BCUT2D eigenvalue weighted by atomic mass is 35.5. The van der Waals surface area contributed by atoms with Crippen molar-refractivity contribution < 1.29 is 13.9 Å². The van der Waals surface area contributed by atoms with Crippen LogP contribution in [0.2, 0.25) is 5.02 Å². The predicted molar refractivity (Wildman–Crippen MR) is 75.3 cm³/mol. The average Bonchev–Trinajstić information content (AvgIpc) is 2.39. The van der Waals surface area contributed by atoms with E-state index in [1.807, 2.05) is 0 Å². The van der Waals surface area contributed by atoms with E-state index >= 15 is 0 Å². The van der Waals surface area contributed by atoms with Crippen LogP contribution in [0.5, 0.6) is 0 Å². The number of hydrogen-bond acceptors (Lipinski definition) is 2. The molecular weight excluding hydrogens is 283 g/mol. The first kappa shape index (κ1) is 15.1. The Bertz CT molecular complexity index is 458. The first-order valence-electron chi connectivity index (χ1n) is 6.66. The third-order valence-electron chi connectivity index (χ3n) is 3.34. The molecule has 1 aromatic rings. The zero-order valence-electron chi connectivity index (χ0n) is 11.3. The second-order valence-corrected chi connectivity index (χ2v) is 5.27. The molecule has 0 aliphatic carbocycles. The van der Waals surface area contributed by atoms with Crippen LogP contribution in [0.15, 0.2) is 18.2 Å². The van der Waals surface area contributed by atoms with Crippen LogP contribution in [0.25, 0.3) is 0 Å². The molecule has 0 bridgehead atoms. The molecule has 1 aliphatic rings. The summed E-state index contributed by atoms with van der Waals surface area (Å²) in [5.41, 5.74) is 0.302. The van der Waals surface area contributed by atoms with Crippen molar-refractivity contribution in [3.8, 4) is 0 Å². The Morgan fingerprint density at radius 1 is 1.45 bits per heavy atom. The van der Waals surface area contributed by atoms with Crippen LogP contribution in [0, 0.1) is 5.82 Å². The topological polar surface area (TPSA) is 50.4 Å². The van der Waals surface area contributed by atoms with Gasteiger partial charge >= 0.3 is 6.03 Å². The molecule has 110 valence electrons. The molecule has 20 heavy (non-hydrogen) atoms. The summed E-state index contributed by atoms with van der Waals surface area (Å²) < 4.78 is 19.0. The lowest BCUT2D eigenvalue weighted by atomic mass is 10.1. The maximum Gasteiger partial charge on any atom is 0.315 e. The van der Waals surface area contributed by atoms with E-state index in [4.69, 9.17) is 16.3 Å². The number of benzene rings is 1. The van der Waals surface area contributed by atoms with Crippen LogP contribution in [-0.2, 0) is 4.74 Å². The van der Waals surface area contributed by atoms with Crippen LogP contribution in [0.4, 0.5) is 9.18 Å². The first-order chi connectivity index (χ1) is 9.58. The summed E-state index contributed by atoms with van der Waals surface area (Å²) in [6.45, 7) is 3.01. The monoisotopic (exact) mass is 300 g/mol. The third kappa shape index (κ3) is 3.84. The van der Waals surface area contributed by atoms with Gasteiger partial charge in [-0.25, -0.2) is 9.18 Å². The summed E-state index contributed by atoms with van der Waals surface area (Å²) in [4.78, 5) is 11.9. The quantitative estimate of drug-likeness (QED) is 0.901. The minimum atomic E-state index is -0.497. The van der Waals surface area contributed by atoms with Crippen LogP contribution in [-0.4, -0.2) is 25.3 Å². The second kappa shape index (κ2) is 6.90. The van der Waals surface area contributed by atoms with E-state index in [0.717, 1.165) is 12.8 Å². The van der Waals surface area contributed by atoms with Gasteiger partial charge in [0.1, 0.15) is 5.82 Å². The Hall–Kier alpha value is -1.33. The minimum absolute atomic E-state index is 0.104. The molecule has 1 atom stereocenters. The molecule has 1 saturated heterocycles. The van der Waals surface area contributed by atoms with Gasteiger partial charge in [-0.05, 0) is 31.9 Å². The van der Waals surface area contributed by atoms with E-state index in [0.29, 0.717) is 23.8 Å². The lowest BCUT2D eigenvalue weighted by molar-refractivity contribution is 0.0800. The van der Waals surface area contributed by atoms with Crippen LogP contribution in [0.3, 0.4) is 0 Å². The molecule has 0 radical (unpaired) electrons. The van der Waals surface area contributed by atoms with Gasteiger partial charge in [-0.1, -0.05) is 17.7 Å². The predicted octanol–water partition coefficient (Wildman–Crippen LogP) is 3.02. The van der Waals surface area contributed by atoms with Gasteiger partial charge in [0.05, 0.1) is 6.04 Å². The number of nitrogens with one attached hydrogen (secondary N) is 2. The largest absolute Gasteiger partial charge is 0.381 e. The Morgan fingerprint density at radius 3 is 2.80 bits per heavy atom. The molecule has 1 fully saturated rings. The van der Waals surface area contributed by atoms with Gasteiger partial charge in [0.25, 0.3) is 0 Å². The summed E-state index contributed by atoms with van der Waals surface area (Å²) in [6, 6.07) is 3.76. The Labute approximate surface area is 122 Å². The summed E-state index contributed by atoms with van der Waals surface area (Å²) >= 11 is 5.97. The molecule has 2 amide bonds. The van der Waals surface area contributed by atoms with Crippen molar-refractivity contribution >= 4 is 17.6 Å². The van der Waals surface area contributed by atoms with E-state index in [-0.39, 0.29) is 12.1 Å². The number of carbonyl (C=O) groups is 1. The van der Waals surface area contributed by atoms with E-state index in [1.54, 1.807) is 13.0 Å². The van der Waals surface area contributed by atoms with Crippen molar-refractivity contribution in [2.45, 2.75) is 31.8 Å². The molecule has 1 unspecified atom stereocenters. The minimum Gasteiger partial charge on any atom is -0.381 e. The van der Waals surface area contributed by atoms with Crippen molar-refractivity contribution in [2.75, 3.05) is 13.2 Å². The molecule has 0 spiro atoms. The highest BCUT2D eigenvalue weighted by molar-refractivity contribution is 6.31. The second-order valence-electron chi connectivity index (χ2n) is 4.86. The van der Waals surface area contributed by atoms with E-state index in [9.17, 15) is 9.18 Å². The van der Waals surface area contributed by atoms with Gasteiger partial charge in [-0.2, -0.15) is 0 Å². The fraction of sp³-hybridized carbons (Fsp3) is 0.500. The fourth-order valence-electron chi connectivity index (χ4n) is 2.26. The smallest absolute Gasteiger partial charge is 0.315 e. The summed E-state index contributed by atoms with van der Waals surface area (Å²) in [5, 5.41) is 5.88. The van der Waals surface area contributed by atoms with Crippen LogP contribution >= 0.6 is 11.6 Å². The summed E-state index contributed by atoms with van der Waals surface area (Å²) in [6.07, 6.45) is 1.59. The molecule has 0 aromatic heterocycles. The zero-order valence-corrected chi connectivity index (χ0v) is 12.0. The van der Waals surface area contributed by atoms with Crippen molar-refractivity contribution in [3.05, 3.63) is 34.6 Å². The van der Waals surface area contributed by atoms with Gasteiger partial charge in [-0.15, -0.1) is 0 Å². The highest BCUT2D eigenvalue weighted by Gasteiger charge is 2.20. The number of amides is 2. The van der Waals surface area contributed by atoms with Crippen molar-refractivity contribution in [3.63, 3.8) is 0 Å². The Morgan fingerprint density at radius 2 is 2.15 bits per heavy atom. The summed E-state index contributed by atoms with van der Waals surface area (Å²) in [5.74, 6) is -0.420. The highest BCUT2D eigenvalue weighted by Crippen LogP contribution is 2.25. The SMILES string of the molecule is CC(NC(=O)NC1CCOCC1)c1c(F)cccc1Cl. The number of halogens is 2. The Kier molecular flexibility index (Phi) is 5.20. The molecule has 1 heterocycles. The van der Waals surface area contributed by atoms with Gasteiger partial charge in [0.2, 0.25) is 0 Å². The number of ether oxygens (including phenoxy) is 1. The van der Waals surface area contributed by atoms with Gasteiger partial charge in [0.15, 0.2) is 0 Å². The lowest BCUT2D eigenvalue weighted by Gasteiger charge is -2.24. The van der Waals surface area contributed by atoms with E-state index < -0.39 is 11.9 Å². The number of urea groups is 1. The number of rotatable bonds is 3. The van der Waals surface area contributed by atoms with Crippen LogP contribution in [0.1, 0.15) is 31.4 Å². The molecule has 1 aromatic carbocycles. The standard InChI is InChI=1S/C14H18ClFN2O2/c1-9(13-11(15)3-2-4-12(13)16)17-14(19)18-10-5-7-20-8-6-10/h2-4,9-10H,5-8H2,1H3,(H2,17,18,19). The average molecular weight is 301 g/mol. The maximum absolute atomic E-state index is 13.7. The van der Waals surface area contributed by atoms with Crippen molar-refractivity contribution in [1.82, 2.24) is 10.6 Å². The van der Waals surface area contributed by atoms with Crippen LogP contribution < -0.4 is 10.6 Å². The van der Waals surface area contributed by atoms with Crippen molar-refractivity contribution in [1.29, 1.82) is 0 Å². The Balaban J connectivity index is 1.93. The summed E-state index contributed by atoms with van der Waals surface area (Å²) in [7, 11) is 0. The van der Waals surface area contributed by atoms with E-state index in [1.165, 1.54) is 12.1 Å². The fourth-order valence-corrected chi connectivity index (χ4v) is 2.59. The molecule has 6 heteroatoms. The van der Waals surface area contributed by atoms with Gasteiger partial charge < -0.3 is 15.4 Å². The zero-order chi connectivity index (χ0) is 14.5. The van der Waals surface area contributed by atoms with Gasteiger partial charge in [-0.3, -0.25) is 0 Å².